The lowest BCUT2D eigenvalue weighted by molar-refractivity contribution is -0.275. The fourth-order valence-corrected chi connectivity index (χ4v) is 4.37. The van der Waals surface area contributed by atoms with Crippen LogP contribution in [-0.4, -0.2) is 44.4 Å². The molecule has 0 saturated heterocycles. The molecule has 7 nitrogen and oxygen atoms in total. The zero-order valence-corrected chi connectivity index (χ0v) is 20.5. The number of carbonyl (C=O) groups is 1. The number of ether oxygens (including phenoxy) is 4. The van der Waals surface area contributed by atoms with E-state index in [0.29, 0.717) is 29.0 Å². The highest BCUT2D eigenvalue weighted by Gasteiger charge is 2.37. The van der Waals surface area contributed by atoms with Crippen molar-refractivity contribution in [3.8, 4) is 23.0 Å². The molecule has 0 aromatic heterocycles. The van der Waals surface area contributed by atoms with Crippen molar-refractivity contribution in [3.63, 3.8) is 0 Å². The second-order valence-corrected chi connectivity index (χ2v) is 8.37. The van der Waals surface area contributed by atoms with Crippen molar-refractivity contribution in [1.82, 2.24) is 4.90 Å². The van der Waals surface area contributed by atoms with Gasteiger partial charge in [-0.05, 0) is 60.0 Å². The van der Waals surface area contributed by atoms with Crippen molar-refractivity contribution < 1.29 is 50.1 Å². The van der Waals surface area contributed by atoms with Crippen molar-refractivity contribution in [2.24, 2.45) is 0 Å². The summed E-state index contributed by atoms with van der Waals surface area (Å²) in [6.07, 6.45) is -9.43. The van der Waals surface area contributed by atoms with Gasteiger partial charge in [0.1, 0.15) is 23.0 Å². The first-order valence-corrected chi connectivity index (χ1v) is 11.4. The first-order chi connectivity index (χ1) is 18.4. The number of benzene rings is 3. The van der Waals surface area contributed by atoms with Crippen LogP contribution in [0.2, 0.25) is 0 Å². The van der Waals surface area contributed by atoms with Crippen LogP contribution in [0, 0.1) is 0 Å². The largest absolute Gasteiger partial charge is 0.573 e. The molecule has 1 heterocycles. The van der Waals surface area contributed by atoms with Crippen LogP contribution < -0.4 is 24.3 Å². The molecule has 1 aliphatic heterocycles. The van der Waals surface area contributed by atoms with E-state index in [1.807, 2.05) is 0 Å². The number of fused-ring (bicyclic) bond motifs is 1. The van der Waals surface area contributed by atoms with Gasteiger partial charge in [0.15, 0.2) is 0 Å². The molecule has 3 aromatic carbocycles. The van der Waals surface area contributed by atoms with Gasteiger partial charge in [-0.25, -0.2) is 4.79 Å². The summed E-state index contributed by atoms with van der Waals surface area (Å²) >= 11 is 0. The summed E-state index contributed by atoms with van der Waals surface area (Å²) < 4.78 is 95.0. The number of halogens is 6. The van der Waals surface area contributed by atoms with E-state index in [1.165, 1.54) is 43.4 Å². The fourth-order valence-electron chi connectivity index (χ4n) is 4.37. The Balaban J connectivity index is 1.71. The molecule has 0 saturated carbocycles. The summed E-state index contributed by atoms with van der Waals surface area (Å²) in [5.74, 6) is -0.0918. The zero-order chi connectivity index (χ0) is 28.4. The van der Waals surface area contributed by atoms with E-state index >= 15 is 0 Å². The number of amides is 2. The zero-order valence-electron chi connectivity index (χ0n) is 20.5. The molecule has 39 heavy (non-hydrogen) atoms. The van der Waals surface area contributed by atoms with Gasteiger partial charge < -0.3 is 29.2 Å². The Morgan fingerprint density at radius 2 is 1.51 bits per heavy atom. The predicted octanol–water partition coefficient (Wildman–Crippen LogP) is 6.68. The molecule has 3 aromatic rings. The molecule has 208 valence electrons. The molecule has 1 atom stereocenters. The maximum atomic E-state index is 13.4. The van der Waals surface area contributed by atoms with Gasteiger partial charge in [-0.15, -0.1) is 26.3 Å². The molecule has 0 bridgehead atoms. The van der Waals surface area contributed by atoms with E-state index in [9.17, 15) is 31.1 Å². The van der Waals surface area contributed by atoms with Crippen LogP contribution in [0.25, 0.3) is 0 Å². The smallest absolute Gasteiger partial charge is 0.497 e. The van der Waals surface area contributed by atoms with Gasteiger partial charge in [0.2, 0.25) is 0 Å². The van der Waals surface area contributed by atoms with Gasteiger partial charge in [-0.2, -0.15) is 0 Å². The maximum Gasteiger partial charge on any atom is 0.573 e. The van der Waals surface area contributed by atoms with E-state index < -0.39 is 36.3 Å². The third-order valence-electron chi connectivity index (χ3n) is 5.87. The molecule has 2 amide bonds. The molecular weight excluding hydrogens is 534 g/mol. The quantitative estimate of drug-likeness (QED) is 0.343. The molecule has 0 aliphatic carbocycles. The van der Waals surface area contributed by atoms with Gasteiger partial charge in [0, 0.05) is 23.9 Å². The number of nitrogens with zero attached hydrogens (tertiary/aromatic N) is 1. The van der Waals surface area contributed by atoms with E-state index in [-0.39, 0.29) is 12.2 Å². The number of urea groups is 1. The SMILES string of the molecule is COc1cc2c(c(OC)c1)C(c1cccc(OC(F)(F)F)c1)N(C(=O)Nc1ccc(OC(F)(F)F)cc1)CC2. The van der Waals surface area contributed by atoms with Crippen LogP contribution in [0.15, 0.2) is 60.7 Å². The number of nitrogens with one attached hydrogen (secondary N) is 1. The number of carbonyl (C=O) groups excluding carboxylic acids is 1. The Bertz CT molecular complexity index is 1310. The van der Waals surface area contributed by atoms with Crippen LogP contribution in [0.4, 0.5) is 36.8 Å². The maximum absolute atomic E-state index is 13.4. The van der Waals surface area contributed by atoms with E-state index in [4.69, 9.17) is 9.47 Å². The van der Waals surface area contributed by atoms with Gasteiger partial charge >= 0.3 is 18.8 Å². The molecule has 1 aliphatic rings. The third-order valence-corrected chi connectivity index (χ3v) is 5.87. The summed E-state index contributed by atoms with van der Waals surface area (Å²) in [4.78, 5) is 14.8. The molecular formula is C26H22F6N2O5. The molecule has 0 spiro atoms. The minimum absolute atomic E-state index is 0.152. The van der Waals surface area contributed by atoms with Crippen molar-refractivity contribution in [2.75, 3.05) is 26.1 Å². The lowest BCUT2D eigenvalue weighted by atomic mass is 9.87. The topological polar surface area (TPSA) is 69.3 Å². The lowest BCUT2D eigenvalue weighted by Gasteiger charge is -2.38. The predicted molar refractivity (Wildman–Crippen MR) is 127 cm³/mol. The van der Waals surface area contributed by atoms with E-state index in [1.54, 1.807) is 18.2 Å². The third kappa shape index (κ3) is 6.78. The van der Waals surface area contributed by atoms with Crippen LogP contribution in [-0.2, 0) is 6.42 Å². The second-order valence-electron chi connectivity index (χ2n) is 8.37. The van der Waals surface area contributed by atoms with Crippen molar-refractivity contribution in [3.05, 3.63) is 77.4 Å². The first kappa shape index (κ1) is 27.7. The Labute approximate surface area is 218 Å². The second kappa shape index (κ2) is 10.8. The Hall–Kier alpha value is -4.29. The lowest BCUT2D eigenvalue weighted by Crippen LogP contribution is -2.43. The van der Waals surface area contributed by atoms with E-state index in [2.05, 4.69) is 14.8 Å². The summed E-state index contributed by atoms with van der Waals surface area (Å²) in [6.45, 7) is 0.152. The van der Waals surface area contributed by atoms with Crippen LogP contribution in [0.3, 0.4) is 0 Å². The fraction of sp³-hybridized carbons (Fsp3) is 0.269. The highest BCUT2D eigenvalue weighted by Crippen LogP contribution is 2.44. The molecule has 13 heteroatoms. The van der Waals surface area contributed by atoms with Crippen LogP contribution in [0.1, 0.15) is 22.7 Å². The van der Waals surface area contributed by atoms with Crippen molar-refractivity contribution >= 4 is 11.7 Å². The Morgan fingerprint density at radius 1 is 0.846 bits per heavy atom. The highest BCUT2D eigenvalue weighted by molar-refractivity contribution is 5.90. The number of alkyl halides is 6. The number of rotatable bonds is 6. The van der Waals surface area contributed by atoms with Crippen molar-refractivity contribution in [2.45, 2.75) is 25.2 Å². The average molecular weight is 556 g/mol. The van der Waals surface area contributed by atoms with Gasteiger partial charge in [-0.1, -0.05) is 12.1 Å². The monoisotopic (exact) mass is 556 g/mol. The number of methoxy groups -OCH3 is 2. The molecule has 4 rings (SSSR count). The minimum Gasteiger partial charge on any atom is -0.497 e. The Morgan fingerprint density at radius 3 is 2.13 bits per heavy atom. The van der Waals surface area contributed by atoms with Gasteiger partial charge in [0.25, 0.3) is 0 Å². The normalized spacial score (nSPS) is 15.3. The summed E-state index contributed by atoms with van der Waals surface area (Å²) in [6, 6.07) is 11.6. The highest BCUT2D eigenvalue weighted by atomic mass is 19.4. The number of anilines is 1. The summed E-state index contributed by atoms with van der Waals surface area (Å²) in [5, 5.41) is 2.62. The Kier molecular flexibility index (Phi) is 7.70. The minimum atomic E-state index is -4.92. The molecule has 0 fully saturated rings. The molecule has 1 N–H and O–H groups in total. The van der Waals surface area contributed by atoms with Crippen molar-refractivity contribution in [1.29, 1.82) is 0 Å². The van der Waals surface area contributed by atoms with Crippen LogP contribution >= 0.6 is 0 Å². The average Bonchev–Trinajstić information content (AvgIpc) is 2.86. The van der Waals surface area contributed by atoms with Crippen LogP contribution in [0.5, 0.6) is 23.0 Å². The summed E-state index contributed by atoms with van der Waals surface area (Å²) in [7, 11) is 2.89. The standard InChI is InChI=1S/C26H22F6N2O5/c1-36-20-12-15-10-11-34(24(35)33-17-6-8-18(9-7-17)38-25(27,28)29)23(22(15)21(14-20)37-2)16-4-3-5-19(13-16)39-26(30,31)32/h3-9,12-14,23H,10-11H2,1-2H3,(H,33,35). The van der Waals surface area contributed by atoms with E-state index in [0.717, 1.165) is 23.8 Å². The van der Waals surface area contributed by atoms with Gasteiger partial charge in [0.05, 0.1) is 20.3 Å². The molecule has 0 radical (unpaired) electrons. The summed E-state index contributed by atoms with van der Waals surface area (Å²) in [5.41, 5.74) is 1.79. The number of hydrogen-bond acceptors (Lipinski definition) is 5. The van der Waals surface area contributed by atoms with Gasteiger partial charge in [-0.3, -0.25) is 0 Å². The molecule has 1 unspecified atom stereocenters. The first-order valence-electron chi connectivity index (χ1n) is 11.4. The number of hydrogen-bond donors (Lipinski definition) is 1.